The Morgan fingerprint density at radius 2 is 1.55 bits per heavy atom. The van der Waals surface area contributed by atoms with E-state index < -0.39 is 7.45 Å². The number of hydrogen-bond donors (Lipinski definition) is 0. The van der Waals surface area contributed by atoms with E-state index in [1.807, 2.05) is 0 Å². The lowest BCUT2D eigenvalue weighted by molar-refractivity contribution is 0.539. The van der Waals surface area contributed by atoms with Gasteiger partial charge in [-0.25, -0.2) is 0 Å². The summed E-state index contributed by atoms with van der Waals surface area (Å²) in [6, 6.07) is 3.41. The van der Waals surface area contributed by atoms with Crippen molar-refractivity contribution in [3.05, 3.63) is 0 Å². The number of nitrogens with zero attached hydrogens (tertiary/aromatic N) is 2. The van der Waals surface area contributed by atoms with Crippen molar-refractivity contribution >= 4 is 7.45 Å². The molecule has 0 heterocycles. The average molecular weight is 174 g/mol. The van der Waals surface area contributed by atoms with Crippen molar-refractivity contribution < 1.29 is 8.76 Å². The summed E-state index contributed by atoms with van der Waals surface area (Å²) < 4.78 is 23.5. The van der Waals surface area contributed by atoms with Crippen molar-refractivity contribution in [3.63, 3.8) is 0 Å². The number of halogens is 1. The number of nitriles is 2. The lowest BCUT2D eigenvalue weighted by Crippen LogP contribution is -1.88. The van der Waals surface area contributed by atoms with Gasteiger partial charge < -0.3 is 0 Å². The van der Waals surface area contributed by atoms with E-state index in [0.717, 1.165) is 0 Å². The predicted molar refractivity (Wildman–Crippen MR) is 38.9 cm³/mol. The predicted octanol–water partition coefficient (Wildman–Crippen LogP) is 2.06. The molecule has 0 spiro atoms. The second-order valence-electron chi connectivity index (χ2n) is 2.05. The molecule has 0 aliphatic heterocycles. The van der Waals surface area contributed by atoms with Gasteiger partial charge in [0, 0.05) is 25.2 Å². The molecule has 0 amide bonds. The smallest absolute Gasteiger partial charge is 0.246 e. The van der Waals surface area contributed by atoms with E-state index in [9.17, 15) is 8.76 Å². The molecule has 0 saturated heterocycles. The highest BCUT2D eigenvalue weighted by molar-refractivity contribution is 7.58. The topological polar surface area (TPSA) is 64.7 Å². The summed E-state index contributed by atoms with van der Waals surface area (Å²) in [6.45, 7) is 0. The molecule has 0 saturated carbocycles. The highest BCUT2D eigenvalue weighted by atomic mass is 31.2. The maximum Gasteiger partial charge on any atom is 0.246 e. The van der Waals surface area contributed by atoms with Gasteiger partial charge in [-0.3, -0.25) is 4.57 Å². The molecule has 0 radical (unpaired) electrons. The van der Waals surface area contributed by atoms with Crippen molar-refractivity contribution in [2.24, 2.45) is 0 Å². The van der Waals surface area contributed by atoms with Gasteiger partial charge in [-0.05, 0) is 0 Å². The van der Waals surface area contributed by atoms with Crippen LogP contribution in [0.2, 0.25) is 0 Å². The molecule has 0 atom stereocenters. The lowest BCUT2D eigenvalue weighted by atomic mass is 10.5. The van der Waals surface area contributed by atoms with E-state index >= 15 is 0 Å². The Bertz CT molecular complexity index is 218. The zero-order chi connectivity index (χ0) is 8.74. The third-order valence-corrected chi connectivity index (χ3v) is 2.90. The van der Waals surface area contributed by atoms with Gasteiger partial charge in [0.1, 0.15) is 0 Å². The highest BCUT2D eigenvalue weighted by Crippen LogP contribution is 2.48. The first-order valence-corrected chi connectivity index (χ1v) is 5.11. The molecule has 11 heavy (non-hydrogen) atoms. The van der Waals surface area contributed by atoms with Crippen LogP contribution in [0.3, 0.4) is 0 Å². The van der Waals surface area contributed by atoms with Crippen molar-refractivity contribution in [3.8, 4) is 12.1 Å². The van der Waals surface area contributed by atoms with Crippen molar-refractivity contribution in [2.75, 3.05) is 12.3 Å². The van der Waals surface area contributed by atoms with Gasteiger partial charge in [-0.15, -0.1) is 0 Å². The monoisotopic (exact) mass is 174 g/mol. The summed E-state index contributed by atoms with van der Waals surface area (Å²) >= 11 is 0. The average Bonchev–Trinajstić information content (AvgIpc) is 1.97. The number of rotatable bonds is 4. The van der Waals surface area contributed by atoms with Gasteiger partial charge in [-0.1, -0.05) is 0 Å². The maximum atomic E-state index is 12.7. The van der Waals surface area contributed by atoms with E-state index in [1.165, 1.54) is 0 Å². The molecule has 60 valence electrons. The van der Waals surface area contributed by atoms with Gasteiger partial charge in [0.05, 0.1) is 12.1 Å². The van der Waals surface area contributed by atoms with Gasteiger partial charge in [0.25, 0.3) is 0 Å². The Morgan fingerprint density at radius 3 is 1.82 bits per heavy atom. The van der Waals surface area contributed by atoms with Crippen LogP contribution in [0.5, 0.6) is 0 Å². The minimum absolute atomic E-state index is 0.0425. The minimum Gasteiger partial charge on any atom is -0.288 e. The molecule has 0 bridgehead atoms. The summed E-state index contributed by atoms with van der Waals surface area (Å²) in [5.74, 6) is 0. The highest BCUT2D eigenvalue weighted by Gasteiger charge is 2.19. The van der Waals surface area contributed by atoms with Crippen LogP contribution in [0.25, 0.3) is 0 Å². The standard InChI is InChI=1S/C6H8FN2OP/c7-11(10,5-1-3-8)6-2-4-9/h1-2,5-6H2. The zero-order valence-corrected chi connectivity index (χ0v) is 6.85. The van der Waals surface area contributed by atoms with Crippen LogP contribution in [-0.2, 0) is 4.57 Å². The second-order valence-corrected chi connectivity index (χ2v) is 4.53. The molecule has 0 aromatic heterocycles. The fourth-order valence-corrected chi connectivity index (χ4v) is 1.64. The molecule has 0 aromatic carbocycles. The Hall–Kier alpha value is -0.860. The summed E-state index contributed by atoms with van der Waals surface area (Å²) in [4.78, 5) is 0. The summed E-state index contributed by atoms with van der Waals surface area (Å²) in [6.07, 6.45) is -0.519. The fraction of sp³-hybridized carbons (Fsp3) is 0.667. The largest absolute Gasteiger partial charge is 0.288 e. The lowest BCUT2D eigenvalue weighted by Gasteiger charge is -2.01. The van der Waals surface area contributed by atoms with Gasteiger partial charge >= 0.3 is 0 Å². The molecule has 0 aliphatic rings. The first-order valence-electron chi connectivity index (χ1n) is 3.14. The quantitative estimate of drug-likeness (QED) is 0.612. The van der Waals surface area contributed by atoms with E-state index in [0.29, 0.717) is 0 Å². The van der Waals surface area contributed by atoms with Crippen LogP contribution in [0.1, 0.15) is 12.8 Å². The SMILES string of the molecule is N#CCCP(=O)(F)CCC#N. The molecule has 0 rings (SSSR count). The van der Waals surface area contributed by atoms with Gasteiger partial charge in [-0.2, -0.15) is 14.7 Å². The van der Waals surface area contributed by atoms with E-state index in [2.05, 4.69) is 0 Å². The molecule has 0 aliphatic carbocycles. The molecule has 3 nitrogen and oxygen atoms in total. The van der Waals surface area contributed by atoms with Crippen LogP contribution in [0.15, 0.2) is 0 Å². The van der Waals surface area contributed by atoms with Gasteiger partial charge in [0.15, 0.2) is 0 Å². The summed E-state index contributed by atoms with van der Waals surface area (Å²) in [7, 11) is -3.67. The Labute approximate surface area is 64.9 Å². The molecule has 5 heteroatoms. The molecular formula is C6H8FN2OP. The second kappa shape index (κ2) is 4.88. The van der Waals surface area contributed by atoms with E-state index in [-0.39, 0.29) is 25.2 Å². The molecule has 0 N–H and O–H groups in total. The zero-order valence-electron chi connectivity index (χ0n) is 5.96. The summed E-state index contributed by atoms with van der Waals surface area (Å²) in [5, 5.41) is 16.1. The Morgan fingerprint density at radius 1 is 1.18 bits per heavy atom. The van der Waals surface area contributed by atoms with Crippen LogP contribution in [0, 0.1) is 22.7 Å². The molecule has 0 unspecified atom stereocenters. The van der Waals surface area contributed by atoms with Crippen LogP contribution in [0.4, 0.5) is 4.20 Å². The third-order valence-electron chi connectivity index (χ3n) is 1.12. The van der Waals surface area contributed by atoms with E-state index in [4.69, 9.17) is 10.5 Å². The first kappa shape index (κ1) is 10.1. The van der Waals surface area contributed by atoms with Crippen molar-refractivity contribution in [1.29, 1.82) is 10.5 Å². The molecule has 0 fully saturated rings. The van der Waals surface area contributed by atoms with Crippen molar-refractivity contribution in [2.45, 2.75) is 12.8 Å². The van der Waals surface area contributed by atoms with Crippen LogP contribution >= 0.6 is 7.45 Å². The van der Waals surface area contributed by atoms with Gasteiger partial charge in [0.2, 0.25) is 7.45 Å². The first-order chi connectivity index (χ1) is 5.12. The Balaban J connectivity index is 3.75. The third kappa shape index (κ3) is 5.58. The van der Waals surface area contributed by atoms with Crippen molar-refractivity contribution in [1.82, 2.24) is 0 Å². The summed E-state index contributed by atoms with van der Waals surface area (Å²) in [5.41, 5.74) is 0. The molecular weight excluding hydrogens is 166 g/mol. The number of hydrogen-bond acceptors (Lipinski definition) is 3. The minimum atomic E-state index is -3.67. The molecule has 0 aromatic rings. The normalized spacial score (nSPS) is 10.1. The van der Waals surface area contributed by atoms with Crippen LogP contribution in [-0.4, -0.2) is 12.3 Å². The maximum absolute atomic E-state index is 12.7. The van der Waals surface area contributed by atoms with Crippen LogP contribution < -0.4 is 0 Å². The fourth-order valence-electron chi connectivity index (χ4n) is 0.546. The Kier molecular flexibility index (Phi) is 4.50. The van der Waals surface area contributed by atoms with E-state index in [1.54, 1.807) is 12.1 Å².